The molecule has 0 saturated carbocycles. The summed E-state index contributed by atoms with van der Waals surface area (Å²) in [7, 11) is 0. The van der Waals surface area contributed by atoms with Gasteiger partial charge >= 0.3 is 0 Å². The van der Waals surface area contributed by atoms with Gasteiger partial charge in [0.05, 0.1) is 18.4 Å². The zero-order valence-corrected chi connectivity index (χ0v) is 9.18. The minimum Gasteiger partial charge on any atom is -0.397 e. The molecular weight excluding hydrogens is 222 g/mol. The Morgan fingerprint density at radius 1 is 1.31 bits per heavy atom. The first-order valence-corrected chi connectivity index (χ1v) is 5.67. The minimum atomic E-state index is 0.655. The van der Waals surface area contributed by atoms with Gasteiger partial charge in [-0.25, -0.2) is 4.98 Å². The maximum Gasteiger partial charge on any atom is 0.134 e. The van der Waals surface area contributed by atoms with Crippen molar-refractivity contribution in [1.29, 1.82) is 0 Å². The number of nitrogens with two attached hydrogens (primary N) is 1. The lowest BCUT2D eigenvalue weighted by Gasteiger charge is -1.95. The van der Waals surface area contributed by atoms with Crippen molar-refractivity contribution in [2.45, 2.75) is 6.54 Å². The van der Waals surface area contributed by atoms with Crippen molar-refractivity contribution in [2.24, 2.45) is 0 Å². The largest absolute Gasteiger partial charge is 0.397 e. The first-order chi connectivity index (χ1) is 7.83. The summed E-state index contributed by atoms with van der Waals surface area (Å²) in [5, 5.41) is 7.35. The van der Waals surface area contributed by atoms with Crippen LogP contribution in [0.2, 0.25) is 0 Å². The van der Waals surface area contributed by atoms with Crippen LogP contribution in [0.1, 0.15) is 5.01 Å². The fourth-order valence-corrected chi connectivity index (χ4v) is 2.15. The smallest absolute Gasteiger partial charge is 0.134 e. The summed E-state index contributed by atoms with van der Waals surface area (Å²) >= 11 is 1.61. The number of aromatic nitrogens is 4. The molecule has 0 saturated heterocycles. The van der Waals surface area contributed by atoms with Crippen molar-refractivity contribution in [2.75, 3.05) is 5.73 Å². The van der Waals surface area contributed by atoms with Gasteiger partial charge in [0.2, 0.25) is 0 Å². The van der Waals surface area contributed by atoms with Crippen LogP contribution < -0.4 is 5.73 Å². The topological polar surface area (TPSA) is 69.6 Å². The van der Waals surface area contributed by atoms with Crippen LogP contribution in [0.4, 0.5) is 5.69 Å². The molecule has 0 radical (unpaired) electrons. The summed E-state index contributed by atoms with van der Waals surface area (Å²) in [5.41, 5.74) is 8.03. The number of thiazole rings is 1. The van der Waals surface area contributed by atoms with E-state index in [9.17, 15) is 0 Å². The lowest BCUT2D eigenvalue weighted by atomic mass is 10.3. The standard InChI is InChI=1S/C10H9N5S/c11-7-1-2-12-8-5-15(14-10(7)8)6-9-13-3-4-16-9/h1-5H,6,11H2. The average molecular weight is 231 g/mol. The third-order valence-electron chi connectivity index (χ3n) is 2.26. The van der Waals surface area contributed by atoms with Gasteiger partial charge in [-0.15, -0.1) is 11.3 Å². The molecule has 5 nitrogen and oxygen atoms in total. The van der Waals surface area contributed by atoms with Crippen molar-refractivity contribution in [3.8, 4) is 0 Å². The summed E-state index contributed by atoms with van der Waals surface area (Å²) in [6.07, 6.45) is 5.36. The second-order valence-electron chi connectivity index (χ2n) is 3.39. The van der Waals surface area contributed by atoms with Gasteiger partial charge < -0.3 is 5.73 Å². The van der Waals surface area contributed by atoms with Crippen molar-refractivity contribution < 1.29 is 0 Å². The van der Waals surface area contributed by atoms with E-state index in [1.54, 1.807) is 29.8 Å². The second kappa shape index (κ2) is 3.57. The third kappa shape index (κ3) is 1.53. The predicted octanol–water partition coefficient (Wildman–Crippen LogP) is 1.52. The summed E-state index contributed by atoms with van der Waals surface area (Å²) in [6.45, 7) is 0.660. The van der Waals surface area contributed by atoms with E-state index in [0.29, 0.717) is 12.2 Å². The van der Waals surface area contributed by atoms with Crippen LogP contribution in [0.15, 0.2) is 30.0 Å². The Labute approximate surface area is 95.6 Å². The summed E-state index contributed by atoms with van der Waals surface area (Å²) in [5.74, 6) is 0. The molecule has 0 fully saturated rings. The Balaban J connectivity index is 2.02. The van der Waals surface area contributed by atoms with Crippen LogP contribution in [0.25, 0.3) is 11.0 Å². The second-order valence-corrected chi connectivity index (χ2v) is 4.37. The SMILES string of the molecule is Nc1ccnc2cn(Cc3nccs3)nc12. The van der Waals surface area contributed by atoms with Crippen molar-refractivity contribution in [3.05, 3.63) is 35.0 Å². The number of rotatable bonds is 2. The molecule has 0 aromatic carbocycles. The third-order valence-corrected chi connectivity index (χ3v) is 3.03. The summed E-state index contributed by atoms with van der Waals surface area (Å²) in [6, 6.07) is 1.75. The molecule has 3 rings (SSSR count). The molecule has 16 heavy (non-hydrogen) atoms. The van der Waals surface area contributed by atoms with Gasteiger partial charge in [0.1, 0.15) is 16.0 Å². The Hall–Kier alpha value is -1.95. The highest BCUT2D eigenvalue weighted by Gasteiger charge is 2.05. The first kappa shape index (κ1) is 9.29. The van der Waals surface area contributed by atoms with Crippen molar-refractivity contribution in [1.82, 2.24) is 19.7 Å². The highest BCUT2D eigenvalue weighted by Crippen LogP contribution is 2.17. The Morgan fingerprint density at radius 2 is 2.25 bits per heavy atom. The molecule has 0 aliphatic carbocycles. The number of fused-ring (bicyclic) bond motifs is 1. The van der Waals surface area contributed by atoms with E-state index >= 15 is 0 Å². The molecule has 0 unspecified atom stereocenters. The lowest BCUT2D eigenvalue weighted by molar-refractivity contribution is 0.692. The van der Waals surface area contributed by atoms with Gasteiger partial charge in [0.15, 0.2) is 0 Å². The van der Waals surface area contributed by atoms with E-state index in [2.05, 4.69) is 15.1 Å². The molecule has 0 aliphatic heterocycles. The first-order valence-electron chi connectivity index (χ1n) is 4.79. The molecule has 0 spiro atoms. The highest BCUT2D eigenvalue weighted by molar-refractivity contribution is 7.09. The molecule has 0 amide bonds. The molecule has 0 atom stereocenters. The number of nitrogen functional groups attached to an aromatic ring is 1. The van der Waals surface area contributed by atoms with E-state index < -0.39 is 0 Å². The maximum absolute atomic E-state index is 5.81. The molecule has 3 aromatic heterocycles. The van der Waals surface area contributed by atoms with Crippen molar-refractivity contribution >= 4 is 28.1 Å². The summed E-state index contributed by atoms with van der Waals surface area (Å²) < 4.78 is 1.81. The molecule has 80 valence electrons. The molecule has 2 N–H and O–H groups in total. The van der Waals surface area contributed by atoms with Gasteiger partial charge in [-0.2, -0.15) is 5.10 Å². The van der Waals surface area contributed by atoms with E-state index in [1.165, 1.54) is 0 Å². The van der Waals surface area contributed by atoms with Gasteiger partial charge in [-0.05, 0) is 6.07 Å². The average Bonchev–Trinajstić information content (AvgIpc) is 2.88. The fourth-order valence-electron chi connectivity index (χ4n) is 1.54. The van der Waals surface area contributed by atoms with Gasteiger partial charge in [-0.3, -0.25) is 9.67 Å². The quantitative estimate of drug-likeness (QED) is 0.726. The number of pyridine rings is 1. The highest BCUT2D eigenvalue weighted by atomic mass is 32.1. The normalized spacial score (nSPS) is 11.0. The molecular formula is C10H9N5S. The monoisotopic (exact) mass is 231 g/mol. The van der Waals surface area contributed by atoms with Crippen LogP contribution in [-0.4, -0.2) is 19.7 Å². The molecule has 3 aromatic rings. The van der Waals surface area contributed by atoms with Gasteiger partial charge in [0.25, 0.3) is 0 Å². The van der Waals surface area contributed by atoms with Crippen LogP contribution in [-0.2, 0) is 6.54 Å². The Bertz CT molecular complexity index is 613. The Kier molecular flexibility index (Phi) is 2.07. The predicted molar refractivity (Wildman–Crippen MR) is 63.2 cm³/mol. The number of hydrogen-bond acceptors (Lipinski definition) is 5. The van der Waals surface area contributed by atoms with Crippen molar-refractivity contribution in [3.63, 3.8) is 0 Å². The number of nitrogens with zero attached hydrogens (tertiary/aromatic N) is 4. The number of anilines is 1. The molecule has 3 heterocycles. The van der Waals surface area contributed by atoms with Crippen LogP contribution in [0.3, 0.4) is 0 Å². The van der Waals surface area contributed by atoms with E-state index in [4.69, 9.17) is 5.73 Å². The zero-order chi connectivity index (χ0) is 11.0. The minimum absolute atomic E-state index is 0.655. The van der Waals surface area contributed by atoms with E-state index in [0.717, 1.165) is 16.0 Å². The Morgan fingerprint density at radius 3 is 3.00 bits per heavy atom. The van der Waals surface area contributed by atoms with Crippen LogP contribution in [0.5, 0.6) is 0 Å². The number of hydrogen-bond donors (Lipinski definition) is 1. The molecule has 6 heteroatoms. The zero-order valence-electron chi connectivity index (χ0n) is 8.37. The summed E-state index contributed by atoms with van der Waals surface area (Å²) in [4.78, 5) is 8.42. The van der Waals surface area contributed by atoms with E-state index in [1.807, 2.05) is 16.3 Å². The molecule has 0 aliphatic rings. The van der Waals surface area contributed by atoms with Gasteiger partial charge in [-0.1, -0.05) is 0 Å². The van der Waals surface area contributed by atoms with Crippen LogP contribution in [0, 0.1) is 0 Å². The fraction of sp³-hybridized carbons (Fsp3) is 0.100. The molecule has 0 bridgehead atoms. The maximum atomic E-state index is 5.81. The van der Waals surface area contributed by atoms with E-state index in [-0.39, 0.29) is 0 Å². The van der Waals surface area contributed by atoms with Crippen LogP contribution >= 0.6 is 11.3 Å². The lowest BCUT2D eigenvalue weighted by Crippen LogP contribution is -1.99. The van der Waals surface area contributed by atoms with Gasteiger partial charge in [0, 0.05) is 17.8 Å².